The number of ether oxygens (including phenoxy) is 2. The zero-order chi connectivity index (χ0) is 9.10. The molecule has 3 atom stereocenters. The van der Waals surface area contributed by atoms with Gasteiger partial charge in [0.1, 0.15) is 0 Å². The fourth-order valence-electron chi connectivity index (χ4n) is 2.33. The number of aliphatic hydroxyl groups is 1. The highest BCUT2D eigenvalue weighted by atomic mass is 16.5. The van der Waals surface area contributed by atoms with Gasteiger partial charge in [0.25, 0.3) is 0 Å². The van der Waals surface area contributed by atoms with Crippen LogP contribution in [0, 0.1) is 5.92 Å². The summed E-state index contributed by atoms with van der Waals surface area (Å²) in [6.45, 7) is 1.94. The molecule has 0 spiro atoms. The molecule has 1 N–H and O–H groups in total. The highest BCUT2D eigenvalue weighted by molar-refractivity contribution is 4.83. The highest BCUT2D eigenvalue weighted by Gasteiger charge is 2.34. The van der Waals surface area contributed by atoms with E-state index in [1.807, 2.05) is 0 Å². The molecule has 2 saturated heterocycles. The molecule has 0 aromatic rings. The maximum atomic E-state index is 9.19. The Morgan fingerprint density at radius 2 is 1.85 bits per heavy atom. The Hall–Kier alpha value is -0.120. The van der Waals surface area contributed by atoms with Gasteiger partial charge in [-0.2, -0.15) is 0 Å². The molecule has 3 unspecified atom stereocenters. The van der Waals surface area contributed by atoms with E-state index in [1.54, 1.807) is 0 Å². The second-order valence-electron chi connectivity index (χ2n) is 3.97. The number of rotatable bonds is 2. The molecule has 0 radical (unpaired) electrons. The lowest BCUT2D eigenvalue weighted by molar-refractivity contribution is -0.110. The van der Waals surface area contributed by atoms with E-state index in [1.165, 1.54) is 0 Å². The van der Waals surface area contributed by atoms with Gasteiger partial charge in [-0.3, -0.25) is 0 Å². The maximum absolute atomic E-state index is 9.19. The van der Waals surface area contributed by atoms with Gasteiger partial charge in [0.2, 0.25) is 0 Å². The van der Waals surface area contributed by atoms with E-state index in [0.29, 0.717) is 5.92 Å². The first kappa shape index (κ1) is 9.44. The van der Waals surface area contributed by atoms with Gasteiger partial charge in [0.15, 0.2) is 0 Å². The number of hydrogen-bond acceptors (Lipinski definition) is 3. The predicted octanol–water partition coefficient (Wildman–Crippen LogP) is 0.953. The van der Waals surface area contributed by atoms with E-state index in [9.17, 15) is 5.11 Å². The first-order valence-corrected chi connectivity index (χ1v) is 5.26. The molecule has 76 valence electrons. The molecule has 2 fully saturated rings. The lowest BCUT2D eigenvalue weighted by Gasteiger charge is -2.33. The van der Waals surface area contributed by atoms with Gasteiger partial charge in [-0.1, -0.05) is 0 Å². The quantitative estimate of drug-likeness (QED) is 0.698. The van der Waals surface area contributed by atoms with Gasteiger partial charge in [-0.25, -0.2) is 0 Å². The van der Waals surface area contributed by atoms with Crippen LogP contribution in [0.3, 0.4) is 0 Å². The van der Waals surface area contributed by atoms with Crippen molar-refractivity contribution in [3.8, 4) is 0 Å². The predicted molar refractivity (Wildman–Crippen MR) is 48.5 cm³/mol. The Labute approximate surface area is 79.0 Å². The minimum absolute atomic E-state index is 0.154. The van der Waals surface area contributed by atoms with Crippen LogP contribution in [0.5, 0.6) is 0 Å². The van der Waals surface area contributed by atoms with Crippen LogP contribution in [0.25, 0.3) is 0 Å². The number of hydrogen-bond donors (Lipinski definition) is 1. The number of aliphatic hydroxyl groups excluding tert-OH is 1. The van der Waals surface area contributed by atoms with E-state index in [0.717, 1.165) is 38.9 Å². The Morgan fingerprint density at radius 3 is 2.54 bits per heavy atom. The van der Waals surface area contributed by atoms with Crippen molar-refractivity contribution in [2.24, 2.45) is 5.92 Å². The smallest absolute Gasteiger partial charge is 0.0886 e. The summed E-state index contributed by atoms with van der Waals surface area (Å²) < 4.78 is 11.3. The molecule has 2 aliphatic heterocycles. The third-order valence-electron chi connectivity index (χ3n) is 3.06. The fraction of sp³-hybridized carbons (Fsp3) is 1.00. The molecule has 0 aromatic carbocycles. The lowest BCUT2D eigenvalue weighted by atomic mass is 9.90. The van der Waals surface area contributed by atoms with Crippen LogP contribution in [-0.2, 0) is 9.47 Å². The molecule has 0 bridgehead atoms. The Bertz CT molecular complexity index is 152. The summed E-state index contributed by atoms with van der Waals surface area (Å²) in [6, 6.07) is 0. The minimum atomic E-state index is 0.154. The molecule has 3 heteroatoms. The summed E-state index contributed by atoms with van der Waals surface area (Å²) in [5.41, 5.74) is 0. The Morgan fingerprint density at radius 1 is 1.08 bits per heavy atom. The molecule has 0 amide bonds. The average Bonchev–Trinajstić information content (AvgIpc) is 2.70. The first-order chi connectivity index (χ1) is 6.42. The maximum Gasteiger partial charge on any atom is 0.0886 e. The van der Waals surface area contributed by atoms with Gasteiger partial charge in [0, 0.05) is 25.7 Å². The molecule has 2 aliphatic rings. The molecule has 0 aromatic heterocycles. The van der Waals surface area contributed by atoms with E-state index < -0.39 is 0 Å². The molecule has 3 nitrogen and oxygen atoms in total. The molecular weight excluding hydrogens is 168 g/mol. The lowest BCUT2D eigenvalue weighted by Crippen LogP contribution is -2.40. The standard InChI is InChI=1S/C10H18O3/c11-7-8-3-1-6-13-10(8)9-4-2-5-12-9/h8-11H,1-7H2. The molecule has 13 heavy (non-hydrogen) atoms. The van der Waals surface area contributed by atoms with Gasteiger partial charge in [0.05, 0.1) is 12.2 Å². The summed E-state index contributed by atoms with van der Waals surface area (Å²) in [4.78, 5) is 0. The Kier molecular flexibility index (Phi) is 3.19. The van der Waals surface area contributed by atoms with E-state index >= 15 is 0 Å². The van der Waals surface area contributed by atoms with E-state index in [-0.39, 0.29) is 18.8 Å². The summed E-state index contributed by atoms with van der Waals surface area (Å²) in [5, 5.41) is 9.19. The zero-order valence-corrected chi connectivity index (χ0v) is 7.95. The van der Waals surface area contributed by atoms with Crippen LogP contribution in [0.15, 0.2) is 0 Å². The topological polar surface area (TPSA) is 38.7 Å². The molecular formula is C10H18O3. The van der Waals surface area contributed by atoms with Crippen molar-refractivity contribution in [3.63, 3.8) is 0 Å². The van der Waals surface area contributed by atoms with Crippen molar-refractivity contribution in [2.75, 3.05) is 19.8 Å². The van der Waals surface area contributed by atoms with Crippen molar-refractivity contribution in [1.29, 1.82) is 0 Å². The monoisotopic (exact) mass is 186 g/mol. The largest absolute Gasteiger partial charge is 0.396 e. The second-order valence-corrected chi connectivity index (χ2v) is 3.97. The van der Waals surface area contributed by atoms with Crippen LogP contribution in [0.2, 0.25) is 0 Å². The second kappa shape index (κ2) is 4.40. The van der Waals surface area contributed by atoms with Crippen molar-refractivity contribution < 1.29 is 14.6 Å². The third kappa shape index (κ3) is 2.03. The van der Waals surface area contributed by atoms with Gasteiger partial charge < -0.3 is 14.6 Å². The fourth-order valence-corrected chi connectivity index (χ4v) is 2.33. The van der Waals surface area contributed by atoms with Crippen LogP contribution >= 0.6 is 0 Å². The summed E-state index contributed by atoms with van der Waals surface area (Å²) in [7, 11) is 0. The first-order valence-electron chi connectivity index (χ1n) is 5.26. The summed E-state index contributed by atoms with van der Waals surface area (Å²) >= 11 is 0. The molecule has 0 aliphatic carbocycles. The zero-order valence-electron chi connectivity index (χ0n) is 7.95. The van der Waals surface area contributed by atoms with Gasteiger partial charge in [-0.05, 0) is 25.7 Å². The van der Waals surface area contributed by atoms with Gasteiger partial charge >= 0.3 is 0 Å². The van der Waals surface area contributed by atoms with Crippen molar-refractivity contribution >= 4 is 0 Å². The van der Waals surface area contributed by atoms with Crippen molar-refractivity contribution in [2.45, 2.75) is 37.9 Å². The van der Waals surface area contributed by atoms with Crippen LogP contribution in [-0.4, -0.2) is 37.1 Å². The molecule has 2 rings (SSSR count). The van der Waals surface area contributed by atoms with Gasteiger partial charge in [-0.15, -0.1) is 0 Å². The van der Waals surface area contributed by atoms with E-state index in [2.05, 4.69) is 0 Å². The van der Waals surface area contributed by atoms with Crippen molar-refractivity contribution in [1.82, 2.24) is 0 Å². The summed E-state index contributed by atoms with van der Waals surface area (Å²) in [6.07, 6.45) is 4.80. The molecule has 0 saturated carbocycles. The van der Waals surface area contributed by atoms with E-state index in [4.69, 9.17) is 9.47 Å². The third-order valence-corrected chi connectivity index (χ3v) is 3.06. The normalized spacial score (nSPS) is 40.8. The Balaban J connectivity index is 1.93. The van der Waals surface area contributed by atoms with Crippen LogP contribution in [0.4, 0.5) is 0 Å². The average molecular weight is 186 g/mol. The minimum Gasteiger partial charge on any atom is -0.396 e. The van der Waals surface area contributed by atoms with Crippen LogP contribution < -0.4 is 0 Å². The SMILES string of the molecule is OCC1CCCOC1C1CCCO1. The van der Waals surface area contributed by atoms with Crippen molar-refractivity contribution in [3.05, 3.63) is 0 Å². The summed E-state index contributed by atoms with van der Waals surface area (Å²) in [5.74, 6) is 0.303. The van der Waals surface area contributed by atoms with Crippen LogP contribution in [0.1, 0.15) is 25.7 Å². The highest BCUT2D eigenvalue weighted by Crippen LogP contribution is 2.28. The molecule has 2 heterocycles.